The topological polar surface area (TPSA) is 67.0 Å². The van der Waals surface area contributed by atoms with Crippen molar-refractivity contribution < 1.29 is 9.53 Å². The van der Waals surface area contributed by atoms with Gasteiger partial charge in [0, 0.05) is 17.7 Å². The molecule has 1 aromatic heterocycles. The summed E-state index contributed by atoms with van der Waals surface area (Å²) in [6.45, 7) is 3.09. The van der Waals surface area contributed by atoms with Gasteiger partial charge in [0.15, 0.2) is 5.69 Å². The third-order valence-electron chi connectivity index (χ3n) is 3.56. The fourth-order valence-electron chi connectivity index (χ4n) is 2.39. The van der Waals surface area contributed by atoms with Crippen molar-refractivity contribution >= 4 is 5.91 Å². The fraction of sp³-hybridized carbons (Fsp3) is 0.333. The molecule has 1 amide bonds. The second kappa shape index (κ2) is 5.46. The molecule has 0 fully saturated rings. The van der Waals surface area contributed by atoms with Crippen LogP contribution in [0, 0.1) is 0 Å². The van der Waals surface area contributed by atoms with E-state index in [1.54, 1.807) is 0 Å². The maximum Gasteiger partial charge on any atom is 0.272 e. The molecule has 104 valence electrons. The Morgan fingerprint density at radius 3 is 3.00 bits per heavy atom. The zero-order chi connectivity index (χ0) is 13.9. The number of aromatic nitrogens is 2. The van der Waals surface area contributed by atoms with Gasteiger partial charge >= 0.3 is 0 Å². The number of hydrogen-bond acceptors (Lipinski definition) is 3. The Balaban J connectivity index is 1.75. The van der Waals surface area contributed by atoms with E-state index in [9.17, 15) is 4.79 Å². The van der Waals surface area contributed by atoms with Crippen LogP contribution in [0.3, 0.4) is 0 Å². The molecular formula is C15H17N3O2. The van der Waals surface area contributed by atoms with Crippen molar-refractivity contribution in [3.05, 3.63) is 52.8 Å². The van der Waals surface area contributed by atoms with Gasteiger partial charge < -0.3 is 10.1 Å². The van der Waals surface area contributed by atoms with Gasteiger partial charge in [-0.1, -0.05) is 30.3 Å². The third kappa shape index (κ3) is 2.44. The van der Waals surface area contributed by atoms with E-state index in [1.807, 2.05) is 37.3 Å². The van der Waals surface area contributed by atoms with Gasteiger partial charge in [-0.15, -0.1) is 0 Å². The van der Waals surface area contributed by atoms with E-state index >= 15 is 0 Å². The number of benzene rings is 1. The molecule has 5 heteroatoms. The Kier molecular flexibility index (Phi) is 3.52. The second-order valence-electron chi connectivity index (χ2n) is 4.94. The number of nitrogens with zero attached hydrogens (tertiary/aromatic N) is 1. The Morgan fingerprint density at radius 2 is 2.20 bits per heavy atom. The lowest BCUT2D eigenvalue weighted by molar-refractivity contribution is 0.0912. The summed E-state index contributed by atoms with van der Waals surface area (Å²) in [4.78, 5) is 12.3. The van der Waals surface area contributed by atoms with Gasteiger partial charge in [0.25, 0.3) is 5.91 Å². The third-order valence-corrected chi connectivity index (χ3v) is 3.56. The molecule has 2 aromatic rings. The largest absolute Gasteiger partial charge is 0.376 e. The molecule has 0 saturated heterocycles. The Labute approximate surface area is 117 Å². The summed E-state index contributed by atoms with van der Waals surface area (Å²) in [6, 6.07) is 9.81. The molecule has 0 bridgehead atoms. The minimum absolute atomic E-state index is 0.0550. The maximum absolute atomic E-state index is 12.3. The molecule has 1 unspecified atom stereocenters. The zero-order valence-electron chi connectivity index (χ0n) is 11.3. The van der Waals surface area contributed by atoms with Gasteiger partial charge in [0.05, 0.1) is 19.3 Å². The lowest BCUT2D eigenvalue weighted by Gasteiger charge is -2.15. The normalized spacial score (nSPS) is 15.4. The van der Waals surface area contributed by atoms with Gasteiger partial charge in [-0.05, 0) is 12.5 Å². The van der Waals surface area contributed by atoms with Crippen LogP contribution < -0.4 is 5.32 Å². The first-order valence-corrected chi connectivity index (χ1v) is 6.75. The molecule has 1 aliphatic rings. The van der Waals surface area contributed by atoms with Crippen LogP contribution in [-0.2, 0) is 17.8 Å². The minimum atomic E-state index is -0.163. The summed E-state index contributed by atoms with van der Waals surface area (Å²) < 4.78 is 5.39. The Bertz CT molecular complexity index is 607. The minimum Gasteiger partial charge on any atom is -0.376 e. The standard InChI is InChI=1S/C15H17N3O2/c1-10(11-5-3-2-4-6-11)16-15(19)14-12-9-20-8-7-13(12)17-18-14/h2-6,10H,7-9H2,1H3,(H,16,19)(H,17,18). The number of H-pyrrole nitrogens is 1. The Morgan fingerprint density at radius 1 is 1.40 bits per heavy atom. The van der Waals surface area contributed by atoms with Crippen molar-refractivity contribution in [2.45, 2.75) is 26.0 Å². The van der Waals surface area contributed by atoms with E-state index in [4.69, 9.17) is 4.74 Å². The number of hydrogen-bond donors (Lipinski definition) is 2. The van der Waals surface area contributed by atoms with Crippen molar-refractivity contribution in [2.24, 2.45) is 0 Å². The predicted molar refractivity (Wildman–Crippen MR) is 74.3 cm³/mol. The molecule has 0 aliphatic carbocycles. The molecule has 20 heavy (non-hydrogen) atoms. The van der Waals surface area contributed by atoms with E-state index in [0.29, 0.717) is 18.9 Å². The summed E-state index contributed by atoms with van der Waals surface area (Å²) in [5.41, 5.74) is 3.41. The number of nitrogens with one attached hydrogen (secondary N) is 2. The zero-order valence-corrected chi connectivity index (χ0v) is 11.3. The highest BCUT2D eigenvalue weighted by Crippen LogP contribution is 2.19. The summed E-state index contributed by atoms with van der Waals surface area (Å²) in [5, 5.41) is 10.0. The number of carbonyl (C=O) groups excluding carboxylic acids is 1. The average molecular weight is 271 g/mol. The second-order valence-corrected chi connectivity index (χ2v) is 4.94. The lowest BCUT2D eigenvalue weighted by Crippen LogP contribution is -2.28. The van der Waals surface area contributed by atoms with E-state index < -0.39 is 0 Å². The smallest absolute Gasteiger partial charge is 0.272 e. The average Bonchev–Trinajstić information content (AvgIpc) is 2.92. The molecule has 2 heterocycles. The summed E-state index contributed by atoms with van der Waals surface area (Å²) >= 11 is 0. The first-order valence-electron chi connectivity index (χ1n) is 6.75. The van der Waals surface area contributed by atoms with E-state index in [0.717, 1.165) is 23.2 Å². The van der Waals surface area contributed by atoms with Crippen molar-refractivity contribution in [3.8, 4) is 0 Å². The lowest BCUT2D eigenvalue weighted by atomic mass is 10.1. The maximum atomic E-state index is 12.3. The van der Waals surface area contributed by atoms with Gasteiger partial charge in [-0.2, -0.15) is 5.10 Å². The van der Waals surface area contributed by atoms with Crippen LogP contribution in [0.4, 0.5) is 0 Å². The molecule has 0 spiro atoms. The van der Waals surface area contributed by atoms with Gasteiger partial charge in [-0.25, -0.2) is 0 Å². The van der Waals surface area contributed by atoms with Crippen LogP contribution in [0.15, 0.2) is 30.3 Å². The first kappa shape index (κ1) is 12.9. The number of amides is 1. The highest BCUT2D eigenvalue weighted by atomic mass is 16.5. The number of ether oxygens (including phenoxy) is 1. The summed E-state index contributed by atoms with van der Waals surface area (Å²) in [5.74, 6) is -0.163. The molecule has 3 rings (SSSR count). The Hall–Kier alpha value is -2.14. The van der Waals surface area contributed by atoms with Gasteiger partial charge in [-0.3, -0.25) is 9.89 Å². The van der Waals surface area contributed by atoms with Crippen LogP contribution >= 0.6 is 0 Å². The molecule has 1 aliphatic heterocycles. The van der Waals surface area contributed by atoms with Crippen molar-refractivity contribution in [2.75, 3.05) is 6.61 Å². The number of aromatic amines is 1. The van der Waals surface area contributed by atoms with Gasteiger partial charge in [0.2, 0.25) is 0 Å². The predicted octanol–water partition coefficient (Wildman–Crippen LogP) is 1.97. The molecule has 0 saturated carbocycles. The van der Waals surface area contributed by atoms with Crippen molar-refractivity contribution in [1.29, 1.82) is 0 Å². The van der Waals surface area contributed by atoms with E-state index in [2.05, 4.69) is 15.5 Å². The monoisotopic (exact) mass is 271 g/mol. The van der Waals surface area contributed by atoms with Crippen molar-refractivity contribution in [1.82, 2.24) is 15.5 Å². The number of fused-ring (bicyclic) bond motifs is 1. The number of rotatable bonds is 3. The van der Waals surface area contributed by atoms with Crippen molar-refractivity contribution in [3.63, 3.8) is 0 Å². The quantitative estimate of drug-likeness (QED) is 0.897. The molecule has 2 N–H and O–H groups in total. The SMILES string of the molecule is CC(NC(=O)c1n[nH]c2c1COCC2)c1ccccc1. The first-order chi connectivity index (χ1) is 9.75. The molecule has 0 radical (unpaired) electrons. The van der Waals surface area contributed by atoms with Crippen LogP contribution in [0.5, 0.6) is 0 Å². The fourth-order valence-corrected chi connectivity index (χ4v) is 2.39. The molecule has 5 nitrogen and oxygen atoms in total. The molecule has 1 aromatic carbocycles. The summed E-state index contributed by atoms with van der Waals surface area (Å²) in [7, 11) is 0. The highest BCUT2D eigenvalue weighted by molar-refractivity contribution is 5.94. The van der Waals surface area contributed by atoms with E-state index in [-0.39, 0.29) is 11.9 Å². The van der Waals surface area contributed by atoms with E-state index in [1.165, 1.54) is 0 Å². The number of carbonyl (C=O) groups is 1. The molecular weight excluding hydrogens is 254 g/mol. The van der Waals surface area contributed by atoms with Gasteiger partial charge in [0.1, 0.15) is 0 Å². The highest BCUT2D eigenvalue weighted by Gasteiger charge is 2.23. The van der Waals surface area contributed by atoms with Crippen LogP contribution in [0.1, 0.15) is 40.3 Å². The summed E-state index contributed by atoms with van der Waals surface area (Å²) in [6.07, 6.45) is 0.782. The van der Waals surface area contributed by atoms with Crippen LogP contribution in [-0.4, -0.2) is 22.7 Å². The molecule has 1 atom stereocenters. The van der Waals surface area contributed by atoms with Crippen LogP contribution in [0.25, 0.3) is 0 Å². The van der Waals surface area contributed by atoms with Crippen LogP contribution in [0.2, 0.25) is 0 Å².